The number of rotatable bonds is 7. The Labute approximate surface area is 104 Å². The molecule has 0 fully saturated rings. The third kappa shape index (κ3) is 4.36. The highest BCUT2D eigenvalue weighted by Gasteiger charge is 2.14. The van der Waals surface area contributed by atoms with E-state index in [9.17, 15) is 0 Å². The fourth-order valence-corrected chi connectivity index (χ4v) is 1.87. The minimum atomic E-state index is 0.241. The average molecular weight is 237 g/mol. The van der Waals surface area contributed by atoms with Crippen LogP contribution in [-0.4, -0.2) is 26.9 Å². The van der Waals surface area contributed by atoms with Gasteiger partial charge in [0.25, 0.3) is 0 Å². The molecular weight excluding hydrogens is 214 g/mol. The maximum absolute atomic E-state index is 5.33. The van der Waals surface area contributed by atoms with E-state index < -0.39 is 0 Å². The van der Waals surface area contributed by atoms with Gasteiger partial charge in [-0.15, -0.1) is 0 Å². The molecule has 1 aromatic rings. The number of hydrogen-bond acceptors (Lipinski definition) is 3. The molecule has 0 radical (unpaired) electrons. The highest BCUT2D eigenvalue weighted by atomic mass is 16.5. The van der Waals surface area contributed by atoms with Gasteiger partial charge in [-0.05, 0) is 37.6 Å². The maximum atomic E-state index is 5.33. The molecular formula is C14H23NO2. The number of nitrogens with one attached hydrogen (secondary N) is 1. The van der Waals surface area contributed by atoms with Gasteiger partial charge in [-0.3, -0.25) is 0 Å². The first kappa shape index (κ1) is 14.0. The van der Waals surface area contributed by atoms with E-state index >= 15 is 0 Å². The summed E-state index contributed by atoms with van der Waals surface area (Å²) in [5.74, 6) is 0.899. The van der Waals surface area contributed by atoms with Crippen molar-refractivity contribution in [3.63, 3.8) is 0 Å². The Balaban J connectivity index is 2.80. The van der Waals surface area contributed by atoms with Crippen LogP contribution in [0.2, 0.25) is 0 Å². The highest BCUT2D eigenvalue weighted by Crippen LogP contribution is 2.23. The normalized spacial score (nSPS) is 14.4. The lowest BCUT2D eigenvalue weighted by molar-refractivity contribution is 0.101. The average Bonchev–Trinajstić information content (AvgIpc) is 2.38. The molecule has 1 rings (SSSR count). The molecule has 0 spiro atoms. The maximum Gasteiger partial charge on any atom is 0.119 e. The number of methoxy groups -OCH3 is 2. The molecule has 0 aromatic heterocycles. The monoisotopic (exact) mass is 237 g/mol. The molecule has 17 heavy (non-hydrogen) atoms. The van der Waals surface area contributed by atoms with Crippen molar-refractivity contribution in [2.75, 3.05) is 20.8 Å². The molecule has 0 aliphatic carbocycles. The van der Waals surface area contributed by atoms with Gasteiger partial charge >= 0.3 is 0 Å². The van der Waals surface area contributed by atoms with E-state index in [1.54, 1.807) is 14.2 Å². The van der Waals surface area contributed by atoms with Gasteiger partial charge in [-0.1, -0.05) is 19.1 Å². The van der Waals surface area contributed by atoms with E-state index in [0.717, 1.165) is 18.7 Å². The van der Waals surface area contributed by atoms with Crippen molar-refractivity contribution in [1.29, 1.82) is 0 Å². The Kier molecular flexibility index (Phi) is 6.01. The van der Waals surface area contributed by atoms with Crippen LogP contribution in [0, 0.1) is 0 Å². The summed E-state index contributed by atoms with van der Waals surface area (Å²) in [4.78, 5) is 0. The summed E-state index contributed by atoms with van der Waals surface area (Å²) >= 11 is 0. The second-order valence-electron chi connectivity index (χ2n) is 4.17. The van der Waals surface area contributed by atoms with Crippen LogP contribution < -0.4 is 10.1 Å². The van der Waals surface area contributed by atoms with Gasteiger partial charge in [0.15, 0.2) is 0 Å². The van der Waals surface area contributed by atoms with Crippen LogP contribution in [0.5, 0.6) is 5.75 Å². The lowest BCUT2D eigenvalue weighted by atomic mass is 10.0. The molecule has 2 atom stereocenters. The van der Waals surface area contributed by atoms with Crippen molar-refractivity contribution < 1.29 is 9.47 Å². The molecule has 0 aliphatic heterocycles. The minimum absolute atomic E-state index is 0.241. The van der Waals surface area contributed by atoms with Gasteiger partial charge in [0.1, 0.15) is 5.75 Å². The Bertz CT molecular complexity index is 328. The summed E-state index contributed by atoms with van der Waals surface area (Å²) in [5, 5.41) is 3.48. The quantitative estimate of drug-likeness (QED) is 0.791. The highest BCUT2D eigenvalue weighted by molar-refractivity contribution is 5.30. The van der Waals surface area contributed by atoms with Crippen molar-refractivity contribution in [3.8, 4) is 5.75 Å². The SMILES string of the molecule is CCNC(CC(C)OC)c1cccc(OC)c1. The molecule has 3 nitrogen and oxygen atoms in total. The molecule has 0 aliphatic rings. The van der Waals surface area contributed by atoms with Gasteiger partial charge in [-0.25, -0.2) is 0 Å². The zero-order valence-corrected chi connectivity index (χ0v) is 11.2. The topological polar surface area (TPSA) is 30.5 Å². The lowest BCUT2D eigenvalue weighted by Crippen LogP contribution is -2.25. The number of benzene rings is 1. The second kappa shape index (κ2) is 7.30. The van der Waals surface area contributed by atoms with Crippen LogP contribution in [-0.2, 0) is 4.74 Å². The van der Waals surface area contributed by atoms with Gasteiger partial charge in [-0.2, -0.15) is 0 Å². The zero-order valence-electron chi connectivity index (χ0n) is 11.2. The van der Waals surface area contributed by atoms with Crippen molar-refractivity contribution in [1.82, 2.24) is 5.32 Å². The number of ether oxygens (including phenoxy) is 2. The summed E-state index contributed by atoms with van der Waals surface area (Å²) in [5.41, 5.74) is 1.25. The van der Waals surface area contributed by atoms with E-state index in [1.807, 2.05) is 12.1 Å². The molecule has 2 unspecified atom stereocenters. The second-order valence-corrected chi connectivity index (χ2v) is 4.17. The fraction of sp³-hybridized carbons (Fsp3) is 0.571. The van der Waals surface area contributed by atoms with Crippen molar-refractivity contribution in [2.45, 2.75) is 32.4 Å². The predicted molar refractivity (Wildman–Crippen MR) is 70.5 cm³/mol. The van der Waals surface area contributed by atoms with E-state index in [0.29, 0.717) is 6.04 Å². The van der Waals surface area contributed by atoms with Crippen LogP contribution in [0.3, 0.4) is 0 Å². The summed E-state index contributed by atoms with van der Waals surface area (Å²) < 4.78 is 10.6. The summed E-state index contributed by atoms with van der Waals surface area (Å²) in [6, 6.07) is 8.50. The molecule has 0 saturated carbocycles. The standard InChI is InChI=1S/C14H23NO2/c1-5-15-14(9-11(2)16-3)12-7-6-8-13(10-12)17-4/h6-8,10-11,14-15H,5,9H2,1-4H3. The zero-order chi connectivity index (χ0) is 12.7. The molecule has 0 amide bonds. The first-order valence-corrected chi connectivity index (χ1v) is 6.11. The third-order valence-corrected chi connectivity index (χ3v) is 2.92. The number of hydrogen-bond donors (Lipinski definition) is 1. The molecule has 0 heterocycles. The molecule has 1 aromatic carbocycles. The molecule has 0 bridgehead atoms. The third-order valence-electron chi connectivity index (χ3n) is 2.92. The summed E-state index contributed by atoms with van der Waals surface area (Å²) in [6.07, 6.45) is 1.20. The van der Waals surface area contributed by atoms with Crippen LogP contribution in [0.4, 0.5) is 0 Å². The van der Waals surface area contributed by atoms with Crippen LogP contribution >= 0.6 is 0 Å². The molecule has 1 N–H and O–H groups in total. The molecule has 3 heteroatoms. The van der Waals surface area contributed by atoms with Crippen molar-refractivity contribution >= 4 is 0 Å². The van der Waals surface area contributed by atoms with E-state index in [1.165, 1.54) is 5.56 Å². The first-order valence-electron chi connectivity index (χ1n) is 6.11. The van der Waals surface area contributed by atoms with Gasteiger partial charge in [0.2, 0.25) is 0 Å². The predicted octanol–water partition coefficient (Wildman–Crippen LogP) is 2.77. The van der Waals surface area contributed by atoms with Crippen molar-refractivity contribution in [3.05, 3.63) is 29.8 Å². The fourth-order valence-electron chi connectivity index (χ4n) is 1.87. The lowest BCUT2D eigenvalue weighted by Gasteiger charge is -2.22. The Morgan fingerprint density at radius 3 is 2.65 bits per heavy atom. The van der Waals surface area contributed by atoms with E-state index in [-0.39, 0.29) is 6.10 Å². The minimum Gasteiger partial charge on any atom is -0.497 e. The molecule has 0 saturated heterocycles. The Morgan fingerprint density at radius 2 is 2.06 bits per heavy atom. The smallest absolute Gasteiger partial charge is 0.119 e. The Morgan fingerprint density at radius 1 is 1.29 bits per heavy atom. The van der Waals surface area contributed by atoms with Gasteiger partial charge < -0.3 is 14.8 Å². The van der Waals surface area contributed by atoms with E-state index in [4.69, 9.17) is 9.47 Å². The van der Waals surface area contributed by atoms with Gasteiger partial charge in [0.05, 0.1) is 13.2 Å². The van der Waals surface area contributed by atoms with E-state index in [2.05, 4.69) is 31.3 Å². The van der Waals surface area contributed by atoms with Gasteiger partial charge in [0, 0.05) is 13.2 Å². The largest absolute Gasteiger partial charge is 0.497 e. The Hall–Kier alpha value is -1.06. The summed E-state index contributed by atoms with van der Waals surface area (Å²) in [6.45, 7) is 5.15. The van der Waals surface area contributed by atoms with Crippen LogP contribution in [0.25, 0.3) is 0 Å². The first-order chi connectivity index (χ1) is 8.21. The van der Waals surface area contributed by atoms with Crippen LogP contribution in [0.1, 0.15) is 31.9 Å². The van der Waals surface area contributed by atoms with Crippen molar-refractivity contribution in [2.24, 2.45) is 0 Å². The molecule has 96 valence electrons. The van der Waals surface area contributed by atoms with Crippen LogP contribution in [0.15, 0.2) is 24.3 Å². The summed E-state index contributed by atoms with van der Waals surface area (Å²) in [7, 11) is 3.44.